The highest BCUT2D eigenvalue weighted by Crippen LogP contribution is 2.12. The molecular formula is C10H13ClFNO. The number of rotatable bonds is 5. The zero-order valence-corrected chi connectivity index (χ0v) is 8.72. The van der Waals surface area contributed by atoms with E-state index in [1.54, 1.807) is 6.07 Å². The molecule has 1 aromatic rings. The number of hydrogen-bond donors (Lipinski definition) is 1. The number of halogens is 2. The van der Waals surface area contributed by atoms with Crippen LogP contribution < -0.4 is 5.48 Å². The summed E-state index contributed by atoms with van der Waals surface area (Å²) in [5, 5.41) is 0.664. The van der Waals surface area contributed by atoms with Crippen LogP contribution in [0.5, 0.6) is 0 Å². The van der Waals surface area contributed by atoms with E-state index in [-0.39, 0.29) is 6.04 Å². The van der Waals surface area contributed by atoms with Gasteiger partial charge in [-0.15, -0.1) is 0 Å². The molecule has 1 N–H and O–H groups in total. The highest BCUT2D eigenvalue weighted by molar-refractivity contribution is 6.30. The van der Waals surface area contributed by atoms with Gasteiger partial charge in [-0.05, 0) is 24.1 Å². The molecule has 0 heterocycles. The standard InChI is InChI=1S/C10H13ClFNO/c1-14-13-10(7-12)6-8-3-2-4-9(11)5-8/h2-5,10,13H,6-7H2,1H3. The van der Waals surface area contributed by atoms with Crippen LogP contribution in [0.25, 0.3) is 0 Å². The average molecular weight is 218 g/mol. The van der Waals surface area contributed by atoms with Gasteiger partial charge in [-0.1, -0.05) is 23.7 Å². The predicted molar refractivity (Wildman–Crippen MR) is 55.1 cm³/mol. The fraction of sp³-hybridized carbons (Fsp3) is 0.400. The Kier molecular flexibility index (Phi) is 4.87. The lowest BCUT2D eigenvalue weighted by Crippen LogP contribution is -2.32. The van der Waals surface area contributed by atoms with Crippen molar-refractivity contribution in [2.24, 2.45) is 0 Å². The van der Waals surface area contributed by atoms with E-state index in [0.29, 0.717) is 11.4 Å². The molecule has 0 saturated carbocycles. The summed E-state index contributed by atoms with van der Waals surface area (Å²) in [5.74, 6) is 0. The van der Waals surface area contributed by atoms with Crippen LogP contribution in [-0.4, -0.2) is 19.8 Å². The monoisotopic (exact) mass is 217 g/mol. The summed E-state index contributed by atoms with van der Waals surface area (Å²) in [6.07, 6.45) is 0.560. The van der Waals surface area contributed by atoms with Crippen LogP contribution in [0.4, 0.5) is 4.39 Å². The lowest BCUT2D eigenvalue weighted by atomic mass is 10.1. The van der Waals surface area contributed by atoms with Gasteiger partial charge in [-0.3, -0.25) is 0 Å². The van der Waals surface area contributed by atoms with Crippen molar-refractivity contribution in [3.8, 4) is 0 Å². The largest absolute Gasteiger partial charge is 0.305 e. The molecule has 4 heteroatoms. The molecule has 1 unspecified atom stereocenters. The molecule has 2 nitrogen and oxygen atoms in total. The number of hydroxylamine groups is 1. The van der Waals surface area contributed by atoms with Gasteiger partial charge in [-0.25, -0.2) is 4.39 Å². The quantitative estimate of drug-likeness (QED) is 0.765. The van der Waals surface area contributed by atoms with E-state index in [2.05, 4.69) is 10.3 Å². The molecule has 0 aliphatic rings. The summed E-state index contributed by atoms with van der Waals surface area (Å²) in [5.41, 5.74) is 3.57. The third-order valence-corrected chi connectivity index (χ3v) is 2.08. The highest BCUT2D eigenvalue weighted by atomic mass is 35.5. The first kappa shape index (κ1) is 11.4. The van der Waals surface area contributed by atoms with Crippen molar-refractivity contribution in [3.63, 3.8) is 0 Å². The Balaban J connectivity index is 2.57. The molecular weight excluding hydrogens is 205 g/mol. The summed E-state index contributed by atoms with van der Waals surface area (Å²) in [7, 11) is 1.47. The first-order valence-corrected chi connectivity index (χ1v) is 4.73. The SMILES string of the molecule is CONC(CF)Cc1cccc(Cl)c1. The molecule has 0 aliphatic carbocycles. The average Bonchev–Trinajstić information content (AvgIpc) is 2.17. The van der Waals surface area contributed by atoms with Gasteiger partial charge >= 0.3 is 0 Å². The van der Waals surface area contributed by atoms with E-state index in [9.17, 15) is 4.39 Å². The van der Waals surface area contributed by atoms with Gasteiger partial charge in [0, 0.05) is 5.02 Å². The second-order valence-electron chi connectivity index (χ2n) is 3.01. The number of nitrogens with one attached hydrogen (secondary N) is 1. The first-order valence-electron chi connectivity index (χ1n) is 4.35. The van der Waals surface area contributed by atoms with Crippen molar-refractivity contribution < 1.29 is 9.23 Å². The van der Waals surface area contributed by atoms with E-state index in [4.69, 9.17) is 11.6 Å². The summed E-state index contributed by atoms with van der Waals surface area (Å²) in [4.78, 5) is 4.67. The summed E-state index contributed by atoms with van der Waals surface area (Å²) >= 11 is 5.80. The number of benzene rings is 1. The van der Waals surface area contributed by atoms with E-state index < -0.39 is 6.67 Å². The van der Waals surface area contributed by atoms with E-state index in [1.165, 1.54) is 7.11 Å². The molecule has 0 aliphatic heterocycles. The normalized spacial score (nSPS) is 12.8. The van der Waals surface area contributed by atoms with Crippen LogP contribution in [0.2, 0.25) is 5.02 Å². The van der Waals surface area contributed by atoms with E-state index >= 15 is 0 Å². The molecule has 0 bridgehead atoms. The first-order chi connectivity index (χ1) is 6.76. The van der Waals surface area contributed by atoms with Crippen molar-refractivity contribution in [1.29, 1.82) is 0 Å². The highest BCUT2D eigenvalue weighted by Gasteiger charge is 2.08. The maximum absolute atomic E-state index is 12.5. The lowest BCUT2D eigenvalue weighted by Gasteiger charge is -2.13. The molecule has 1 rings (SSSR count). The molecule has 0 radical (unpaired) electrons. The molecule has 0 spiro atoms. The van der Waals surface area contributed by atoms with E-state index in [1.807, 2.05) is 18.2 Å². The van der Waals surface area contributed by atoms with Crippen LogP contribution >= 0.6 is 11.6 Å². The minimum Gasteiger partial charge on any atom is -0.305 e. The maximum Gasteiger partial charge on any atom is 0.107 e. The molecule has 78 valence electrons. The van der Waals surface area contributed by atoms with Crippen LogP contribution in [0.15, 0.2) is 24.3 Å². The molecule has 0 fully saturated rings. The van der Waals surface area contributed by atoms with Gasteiger partial charge in [0.15, 0.2) is 0 Å². The second-order valence-corrected chi connectivity index (χ2v) is 3.44. The smallest absolute Gasteiger partial charge is 0.107 e. The van der Waals surface area contributed by atoms with Gasteiger partial charge in [0.1, 0.15) is 6.67 Å². The molecule has 0 aromatic heterocycles. The van der Waals surface area contributed by atoms with Crippen molar-refractivity contribution in [2.75, 3.05) is 13.8 Å². The molecule has 0 saturated heterocycles. The second kappa shape index (κ2) is 5.96. The van der Waals surface area contributed by atoms with Crippen molar-refractivity contribution in [2.45, 2.75) is 12.5 Å². The van der Waals surface area contributed by atoms with Crippen LogP contribution in [0.3, 0.4) is 0 Å². The Morgan fingerprint density at radius 2 is 2.36 bits per heavy atom. The van der Waals surface area contributed by atoms with Gasteiger partial charge < -0.3 is 4.84 Å². The predicted octanol–water partition coefficient (Wildman–Crippen LogP) is 2.37. The lowest BCUT2D eigenvalue weighted by molar-refractivity contribution is 0.0527. The van der Waals surface area contributed by atoms with Gasteiger partial charge in [0.05, 0.1) is 13.2 Å². The number of alkyl halides is 1. The van der Waals surface area contributed by atoms with Gasteiger partial charge in [0.25, 0.3) is 0 Å². The fourth-order valence-electron chi connectivity index (χ4n) is 1.24. The summed E-state index contributed by atoms with van der Waals surface area (Å²) < 4.78 is 12.5. The Bertz CT molecular complexity index is 283. The third-order valence-electron chi connectivity index (χ3n) is 1.84. The van der Waals surface area contributed by atoms with Crippen molar-refractivity contribution in [1.82, 2.24) is 5.48 Å². The maximum atomic E-state index is 12.5. The Morgan fingerprint density at radius 1 is 1.57 bits per heavy atom. The third kappa shape index (κ3) is 3.62. The summed E-state index contributed by atoms with van der Waals surface area (Å²) in [6, 6.07) is 7.05. The molecule has 1 atom stereocenters. The molecule has 1 aromatic carbocycles. The van der Waals surface area contributed by atoms with E-state index in [0.717, 1.165) is 5.56 Å². The van der Waals surface area contributed by atoms with Crippen LogP contribution in [-0.2, 0) is 11.3 Å². The topological polar surface area (TPSA) is 21.3 Å². The zero-order valence-electron chi connectivity index (χ0n) is 7.97. The van der Waals surface area contributed by atoms with Crippen LogP contribution in [0, 0.1) is 0 Å². The van der Waals surface area contributed by atoms with Crippen molar-refractivity contribution >= 4 is 11.6 Å². The zero-order chi connectivity index (χ0) is 10.4. The summed E-state index contributed by atoms with van der Waals surface area (Å²) in [6.45, 7) is -0.472. The van der Waals surface area contributed by atoms with Gasteiger partial charge in [-0.2, -0.15) is 5.48 Å². The fourth-order valence-corrected chi connectivity index (χ4v) is 1.46. The van der Waals surface area contributed by atoms with Crippen LogP contribution in [0.1, 0.15) is 5.56 Å². The van der Waals surface area contributed by atoms with Gasteiger partial charge in [0.2, 0.25) is 0 Å². The molecule has 14 heavy (non-hydrogen) atoms. The Hall–Kier alpha value is -0.640. The minimum atomic E-state index is -0.472. The Morgan fingerprint density at radius 3 is 2.93 bits per heavy atom. The minimum absolute atomic E-state index is 0.321. The number of hydrogen-bond acceptors (Lipinski definition) is 2. The molecule has 0 amide bonds. The Labute approximate surface area is 88.0 Å². The van der Waals surface area contributed by atoms with Crippen molar-refractivity contribution in [3.05, 3.63) is 34.9 Å².